The van der Waals surface area contributed by atoms with E-state index in [1.54, 1.807) is 91.0 Å². The number of carbonyl (C=O) groups excluding carboxylic acids is 8. The monoisotopic (exact) mass is 876 g/mol. The van der Waals surface area contributed by atoms with Crippen LogP contribution in [-0.4, -0.2) is 77.0 Å². The smallest absolute Gasteiger partial charge is 0.268 e. The average molecular weight is 877 g/mol. The van der Waals surface area contributed by atoms with Crippen molar-refractivity contribution in [2.24, 2.45) is 5.92 Å². The van der Waals surface area contributed by atoms with Crippen molar-refractivity contribution in [3.63, 3.8) is 0 Å². The molecule has 3 rings (SSSR count). The second-order valence-corrected chi connectivity index (χ2v) is 17.0. The molecule has 0 bridgehead atoms. The minimum atomic E-state index is -1.74. The minimum absolute atomic E-state index is 0.0461. The van der Waals surface area contributed by atoms with Gasteiger partial charge in [0, 0.05) is 14.0 Å². The van der Waals surface area contributed by atoms with E-state index in [0.29, 0.717) is 23.1 Å². The van der Waals surface area contributed by atoms with E-state index in [1.807, 2.05) is 13.8 Å². The minimum Gasteiger partial charge on any atom is -0.357 e. The Morgan fingerprint density at radius 2 is 0.812 bits per heavy atom. The highest BCUT2D eigenvalue weighted by atomic mass is 16.2. The summed E-state index contributed by atoms with van der Waals surface area (Å²) < 4.78 is 0. The van der Waals surface area contributed by atoms with Crippen LogP contribution in [0.5, 0.6) is 0 Å². The van der Waals surface area contributed by atoms with Crippen LogP contribution in [-0.2, 0) is 38.4 Å². The largest absolute Gasteiger partial charge is 0.357 e. The highest BCUT2D eigenvalue weighted by Crippen LogP contribution is 2.15. The summed E-state index contributed by atoms with van der Waals surface area (Å²) in [7, 11) is 1.46. The summed E-state index contributed by atoms with van der Waals surface area (Å²) in [5.74, 6) is -5.70. The third-order valence-electron chi connectivity index (χ3n) is 9.43. The predicted molar refractivity (Wildman–Crippen MR) is 245 cm³/mol. The van der Waals surface area contributed by atoms with Gasteiger partial charge in [-0.1, -0.05) is 105 Å². The fraction of sp³-hybridized carbons (Fsp3) is 0.333. The van der Waals surface area contributed by atoms with Gasteiger partial charge in [-0.15, -0.1) is 0 Å². The predicted octanol–water partition coefficient (Wildman–Crippen LogP) is 3.44. The summed E-state index contributed by atoms with van der Waals surface area (Å²) in [5.41, 5.74) is -3.99. The summed E-state index contributed by atoms with van der Waals surface area (Å²) >= 11 is 0. The van der Waals surface area contributed by atoms with Gasteiger partial charge in [0.05, 0.1) is 0 Å². The van der Waals surface area contributed by atoms with Crippen LogP contribution >= 0.6 is 0 Å². The molecular weight excluding hydrogens is 817 g/mol. The molecule has 0 heterocycles. The molecule has 340 valence electrons. The molecule has 0 aliphatic rings. The van der Waals surface area contributed by atoms with E-state index in [0.717, 1.165) is 0 Å². The van der Waals surface area contributed by atoms with E-state index < -0.39 is 69.9 Å². The molecule has 3 aromatic carbocycles. The van der Waals surface area contributed by atoms with Gasteiger partial charge in [0.2, 0.25) is 29.5 Å². The van der Waals surface area contributed by atoms with E-state index in [4.69, 9.17) is 0 Å². The normalized spacial score (nSPS) is 12.8. The van der Waals surface area contributed by atoms with Gasteiger partial charge in [-0.3, -0.25) is 38.4 Å². The first-order valence-corrected chi connectivity index (χ1v) is 20.6. The lowest BCUT2D eigenvalue weighted by atomic mass is 10.0. The molecule has 0 spiro atoms. The Kier molecular flexibility index (Phi) is 18.0. The average Bonchev–Trinajstić information content (AvgIpc) is 3.22. The fourth-order valence-corrected chi connectivity index (χ4v) is 5.88. The first-order chi connectivity index (χ1) is 29.9. The summed E-state index contributed by atoms with van der Waals surface area (Å²) in [6.45, 7) is 13.6. The van der Waals surface area contributed by atoms with Gasteiger partial charge in [0.1, 0.15) is 39.7 Å². The topological polar surface area (TPSA) is 233 Å². The second kappa shape index (κ2) is 22.6. The van der Waals surface area contributed by atoms with Crippen LogP contribution in [0.2, 0.25) is 0 Å². The lowest BCUT2D eigenvalue weighted by Crippen LogP contribution is -2.59. The first-order valence-electron chi connectivity index (χ1n) is 20.6. The van der Waals surface area contributed by atoms with Crippen LogP contribution in [0.1, 0.15) is 85.4 Å². The number of benzene rings is 3. The zero-order valence-electron chi connectivity index (χ0n) is 38.0. The number of nitrogens with one attached hydrogen (secondary N) is 8. The molecule has 0 radical (unpaired) electrons. The quantitative estimate of drug-likeness (QED) is 0.0830. The molecule has 8 amide bonds. The van der Waals surface area contributed by atoms with E-state index in [1.165, 1.54) is 73.7 Å². The lowest BCUT2D eigenvalue weighted by molar-refractivity contribution is -0.133. The SMILES string of the molecule is CNC(=O)[C@H](CC(C)C)NC(=O)/C(=C/c1ccccc1)NC(=O)C(C)(C)NC(=O)/C(=C/c1ccccc1)NC(=O)C(C)(C)NC(=O)/C(=C/c1ccccc1)NC(=O)C(C)(C)NC(C)=O. The van der Waals surface area contributed by atoms with E-state index in [-0.39, 0.29) is 23.0 Å². The highest BCUT2D eigenvalue weighted by molar-refractivity contribution is 6.09. The molecular formula is C48H60N8O8. The lowest BCUT2D eigenvalue weighted by Gasteiger charge is -2.29. The zero-order valence-corrected chi connectivity index (χ0v) is 38.0. The summed E-state index contributed by atoms with van der Waals surface area (Å²) in [5, 5.41) is 20.8. The number of hydrogen-bond donors (Lipinski definition) is 8. The van der Waals surface area contributed by atoms with Crippen LogP contribution in [0, 0.1) is 5.92 Å². The van der Waals surface area contributed by atoms with Gasteiger partial charge in [0.25, 0.3) is 17.7 Å². The van der Waals surface area contributed by atoms with Gasteiger partial charge < -0.3 is 42.5 Å². The van der Waals surface area contributed by atoms with Crippen molar-refractivity contribution in [3.8, 4) is 0 Å². The van der Waals surface area contributed by atoms with Crippen LogP contribution in [0.15, 0.2) is 108 Å². The van der Waals surface area contributed by atoms with Crippen LogP contribution in [0.3, 0.4) is 0 Å². The Morgan fingerprint density at radius 3 is 1.11 bits per heavy atom. The molecule has 16 heteroatoms. The maximum Gasteiger partial charge on any atom is 0.268 e. The molecule has 8 N–H and O–H groups in total. The molecule has 0 aliphatic heterocycles. The molecule has 64 heavy (non-hydrogen) atoms. The molecule has 0 saturated heterocycles. The van der Waals surface area contributed by atoms with Crippen molar-refractivity contribution in [3.05, 3.63) is 125 Å². The number of carbonyl (C=O) groups is 8. The molecule has 0 saturated carbocycles. The Bertz CT molecular complexity index is 2280. The summed E-state index contributed by atoms with van der Waals surface area (Å²) in [6.07, 6.45) is 4.55. The van der Waals surface area contributed by atoms with Gasteiger partial charge in [-0.25, -0.2) is 0 Å². The molecule has 1 atom stereocenters. The standard InChI is InChI=1S/C48H60N8O8/c1-30(2)26-35(39(58)49-10)50-40(59)36(27-32-20-14-11-15-21-32)51-44(63)47(6,7)55-42(61)38(29-34-24-18-13-19-25-34)53-45(64)48(8,9)56-41(60)37(28-33-22-16-12-17-23-33)52-43(62)46(4,5)54-31(3)57/h11-25,27-30,35H,26H2,1-10H3,(H,49,58)(H,50,59)(H,51,63)(H,52,62)(H,53,64)(H,54,57)(H,55,61)(H,56,60)/b36-27-,37-28-,38-29-/t35-/m0/s1. The first kappa shape index (κ1) is 51.0. The fourth-order valence-electron chi connectivity index (χ4n) is 5.88. The van der Waals surface area contributed by atoms with Gasteiger partial charge >= 0.3 is 0 Å². The van der Waals surface area contributed by atoms with E-state index >= 15 is 0 Å². The number of hydrogen-bond acceptors (Lipinski definition) is 8. The van der Waals surface area contributed by atoms with Crippen molar-refractivity contribution in [2.45, 2.75) is 91.4 Å². The number of rotatable bonds is 19. The molecule has 0 fully saturated rings. The van der Waals surface area contributed by atoms with Crippen LogP contribution in [0.4, 0.5) is 0 Å². The molecule has 0 aliphatic carbocycles. The summed E-state index contributed by atoms with van der Waals surface area (Å²) in [4.78, 5) is 108. The highest BCUT2D eigenvalue weighted by Gasteiger charge is 2.37. The third-order valence-corrected chi connectivity index (χ3v) is 9.43. The Labute approximate surface area is 374 Å². The molecule has 3 aromatic rings. The van der Waals surface area contributed by atoms with E-state index in [9.17, 15) is 38.4 Å². The zero-order chi connectivity index (χ0) is 47.8. The number of amides is 8. The third kappa shape index (κ3) is 15.8. The van der Waals surface area contributed by atoms with Crippen molar-refractivity contribution >= 4 is 65.5 Å². The second-order valence-electron chi connectivity index (χ2n) is 17.0. The van der Waals surface area contributed by atoms with Crippen molar-refractivity contribution in [2.75, 3.05) is 7.05 Å². The van der Waals surface area contributed by atoms with Gasteiger partial charge in [0.15, 0.2) is 0 Å². The van der Waals surface area contributed by atoms with Gasteiger partial charge in [-0.2, -0.15) is 0 Å². The van der Waals surface area contributed by atoms with Crippen LogP contribution in [0.25, 0.3) is 18.2 Å². The molecule has 0 unspecified atom stereocenters. The molecule has 0 aromatic heterocycles. The maximum absolute atomic E-state index is 14.1. The Hall–Kier alpha value is -7.36. The summed E-state index contributed by atoms with van der Waals surface area (Å²) in [6, 6.07) is 25.0. The van der Waals surface area contributed by atoms with Crippen molar-refractivity contribution < 1.29 is 38.4 Å². The Balaban J connectivity index is 1.92. The van der Waals surface area contributed by atoms with Crippen molar-refractivity contribution in [1.82, 2.24) is 42.5 Å². The van der Waals surface area contributed by atoms with Crippen molar-refractivity contribution in [1.29, 1.82) is 0 Å². The number of likely N-dealkylation sites (N-methyl/N-ethyl adjacent to an activating group) is 1. The van der Waals surface area contributed by atoms with Crippen LogP contribution < -0.4 is 42.5 Å². The molecule has 16 nitrogen and oxygen atoms in total. The maximum atomic E-state index is 14.1. The Morgan fingerprint density at radius 1 is 0.500 bits per heavy atom. The van der Waals surface area contributed by atoms with E-state index in [2.05, 4.69) is 42.5 Å². The van der Waals surface area contributed by atoms with Gasteiger partial charge in [-0.05, 0) is 88.8 Å².